The van der Waals surface area contributed by atoms with E-state index in [2.05, 4.69) is 211 Å². The molecule has 4 heteroatoms. The van der Waals surface area contributed by atoms with Gasteiger partial charge in [0.05, 0.1) is 28.1 Å². The van der Waals surface area contributed by atoms with E-state index in [0.29, 0.717) is 5.89 Å². The molecule has 0 saturated heterocycles. The van der Waals surface area contributed by atoms with E-state index in [9.17, 15) is 0 Å². The maximum Gasteiger partial charge on any atom is 0.227 e. The highest BCUT2D eigenvalue weighted by atomic mass is 16.3. The van der Waals surface area contributed by atoms with Crippen molar-refractivity contribution in [3.05, 3.63) is 199 Å². The highest BCUT2D eigenvalue weighted by molar-refractivity contribution is 6.23. The zero-order chi connectivity index (χ0) is 38.5. The molecule has 9 aromatic carbocycles. The van der Waals surface area contributed by atoms with Crippen LogP contribution in [0.4, 0.5) is 17.1 Å². The van der Waals surface area contributed by atoms with Crippen molar-refractivity contribution >= 4 is 71.5 Å². The molecule has 0 bridgehead atoms. The number of fused-ring (bicyclic) bond motifs is 10. The Morgan fingerprint density at radius 1 is 0.517 bits per heavy atom. The summed E-state index contributed by atoms with van der Waals surface area (Å²) in [5.41, 5.74) is 14.1. The van der Waals surface area contributed by atoms with Crippen LogP contribution in [0.1, 0.15) is 25.0 Å². The second-order valence-electron chi connectivity index (χ2n) is 15.9. The van der Waals surface area contributed by atoms with Crippen molar-refractivity contribution in [2.24, 2.45) is 0 Å². The van der Waals surface area contributed by atoms with Crippen LogP contribution in [0.15, 0.2) is 192 Å². The van der Waals surface area contributed by atoms with Gasteiger partial charge in [-0.1, -0.05) is 147 Å². The van der Waals surface area contributed by atoms with Gasteiger partial charge in [-0.25, -0.2) is 4.98 Å². The molecule has 0 atom stereocenters. The molecule has 12 rings (SSSR count). The number of hydrogen-bond donors (Lipinski definition) is 0. The predicted molar refractivity (Wildman–Crippen MR) is 241 cm³/mol. The predicted octanol–water partition coefficient (Wildman–Crippen LogP) is 14.7. The lowest BCUT2D eigenvalue weighted by Crippen LogP contribution is -2.16. The zero-order valence-electron chi connectivity index (χ0n) is 32.1. The lowest BCUT2D eigenvalue weighted by molar-refractivity contribution is 0.620. The van der Waals surface area contributed by atoms with Gasteiger partial charge in [0, 0.05) is 43.8 Å². The van der Waals surface area contributed by atoms with Gasteiger partial charge in [-0.05, 0) is 82.1 Å². The Kier molecular flexibility index (Phi) is 6.94. The lowest BCUT2D eigenvalue weighted by Gasteiger charge is -2.30. The summed E-state index contributed by atoms with van der Waals surface area (Å²) in [6.07, 6.45) is 0. The van der Waals surface area contributed by atoms with Crippen LogP contribution in [0.3, 0.4) is 0 Å². The molecule has 274 valence electrons. The summed E-state index contributed by atoms with van der Waals surface area (Å²) >= 11 is 0. The maximum atomic E-state index is 6.96. The minimum absolute atomic E-state index is 0.176. The van der Waals surface area contributed by atoms with E-state index in [0.717, 1.165) is 50.2 Å². The van der Waals surface area contributed by atoms with Gasteiger partial charge in [-0.2, -0.15) is 0 Å². The zero-order valence-corrected chi connectivity index (χ0v) is 32.1. The Balaban J connectivity index is 1.20. The monoisotopic (exact) mass is 743 g/mol. The molecule has 0 N–H and O–H groups in total. The molecular formula is C54H37N3O. The fourth-order valence-electron chi connectivity index (χ4n) is 9.70. The van der Waals surface area contributed by atoms with E-state index in [1.807, 2.05) is 0 Å². The summed E-state index contributed by atoms with van der Waals surface area (Å²) in [7, 11) is 0. The summed E-state index contributed by atoms with van der Waals surface area (Å²) in [5, 5.41) is 7.05. The Bertz CT molecular complexity index is 3440. The third kappa shape index (κ3) is 4.66. The highest BCUT2D eigenvalue weighted by Gasteiger charge is 2.38. The fraction of sp³-hybridized carbons (Fsp3) is 0.0556. The Morgan fingerprint density at radius 2 is 1.21 bits per heavy atom. The largest absolute Gasteiger partial charge is 0.434 e. The van der Waals surface area contributed by atoms with E-state index in [1.54, 1.807) is 0 Å². The van der Waals surface area contributed by atoms with E-state index in [1.165, 1.54) is 54.8 Å². The standard InChI is InChI=1S/C54H37N3O/c1-54(2)43-24-12-10-23-41(43)50-44(54)25-14-28-47(50)57(48-29-15-26-45-52(48)58-53(55-45)36-31-30-34-16-6-7-17-35(34)32-36)49-33-42-39-21-11-13-27-46(39)56(37-18-4-3-5-19-37)51(42)40-22-9-8-20-38(40)49/h3-33H,1-2H3. The Hall–Kier alpha value is -7.43. The number of nitrogens with zero attached hydrogens (tertiary/aromatic N) is 3. The molecular weight excluding hydrogens is 707 g/mol. The van der Waals surface area contributed by atoms with E-state index < -0.39 is 0 Å². The van der Waals surface area contributed by atoms with Crippen molar-refractivity contribution < 1.29 is 4.42 Å². The highest BCUT2D eigenvalue weighted by Crippen LogP contribution is 2.56. The third-order valence-corrected chi connectivity index (χ3v) is 12.4. The molecule has 58 heavy (non-hydrogen) atoms. The summed E-state index contributed by atoms with van der Waals surface area (Å²) in [6.45, 7) is 4.69. The molecule has 0 amide bonds. The van der Waals surface area contributed by atoms with Gasteiger partial charge in [0.25, 0.3) is 0 Å². The van der Waals surface area contributed by atoms with Gasteiger partial charge in [0.1, 0.15) is 5.52 Å². The number of benzene rings is 9. The summed E-state index contributed by atoms with van der Waals surface area (Å²) in [4.78, 5) is 7.59. The van der Waals surface area contributed by atoms with Crippen LogP contribution >= 0.6 is 0 Å². The van der Waals surface area contributed by atoms with Gasteiger partial charge >= 0.3 is 0 Å². The molecule has 0 aliphatic heterocycles. The molecule has 2 heterocycles. The van der Waals surface area contributed by atoms with E-state index in [-0.39, 0.29) is 5.41 Å². The maximum absolute atomic E-state index is 6.96. The number of aromatic nitrogens is 2. The quantitative estimate of drug-likeness (QED) is 0.176. The lowest BCUT2D eigenvalue weighted by atomic mass is 9.82. The van der Waals surface area contributed by atoms with Crippen molar-refractivity contribution in [3.8, 4) is 28.3 Å². The van der Waals surface area contributed by atoms with Gasteiger partial charge in [0.15, 0.2) is 5.58 Å². The average molecular weight is 744 g/mol. The molecule has 0 unspecified atom stereocenters. The van der Waals surface area contributed by atoms with Crippen molar-refractivity contribution in [2.75, 3.05) is 4.90 Å². The minimum atomic E-state index is -0.176. The summed E-state index contributed by atoms with van der Waals surface area (Å²) in [5.74, 6) is 0.601. The normalized spacial score (nSPS) is 13.1. The van der Waals surface area contributed by atoms with Crippen LogP contribution in [0.25, 0.3) is 82.7 Å². The molecule has 11 aromatic rings. The molecule has 0 saturated carbocycles. The van der Waals surface area contributed by atoms with Gasteiger partial charge in [-0.3, -0.25) is 0 Å². The second-order valence-corrected chi connectivity index (χ2v) is 15.9. The van der Waals surface area contributed by atoms with Crippen LogP contribution < -0.4 is 4.90 Å². The number of hydrogen-bond acceptors (Lipinski definition) is 3. The first-order valence-electron chi connectivity index (χ1n) is 20.0. The molecule has 2 aromatic heterocycles. The van der Waals surface area contributed by atoms with Crippen LogP contribution in [0.2, 0.25) is 0 Å². The number of para-hydroxylation sites is 3. The van der Waals surface area contributed by atoms with Crippen LogP contribution in [0, 0.1) is 0 Å². The van der Waals surface area contributed by atoms with Crippen molar-refractivity contribution in [3.63, 3.8) is 0 Å². The minimum Gasteiger partial charge on any atom is -0.434 e. The molecule has 0 spiro atoms. The molecule has 0 fully saturated rings. The van der Waals surface area contributed by atoms with Crippen LogP contribution in [0.5, 0.6) is 0 Å². The van der Waals surface area contributed by atoms with E-state index >= 15 is 0 Å². The van der Waals surface area contributed by atoms with Crippen LogP contribution in [-0.4, -0.2) is 9.55 Å². The molecule has 4 nitrogen and oxygen atoms in total. The average Bonchev–Trinajstić information content (AvgIpc) is 3.93. The smallest absolute Gasteiger partial charge is 0.227 e. The first-order valence-corrected chi connectivity index (χ1v) is 20.0. The first kappa shape index (κ1) is 32.8. The number of oxazole rings is 1. The molecule has 1 aliphatic rings. The van der Waals surface area contributed by atoms with Crippen molar-refractivity contribution in [1.82, 2.24) is 9.55 Å². The van der Waals surface area contributed by atoms with E-state index in [4.69, 9.17) is 9.40 Å². The first-order chi connectivity index (χ1) is 28.5. The Labute approximate surface area is 335 Å². The van der Waals surface area contributed by atoms with Gasteiger partial charge < -0.3 is 13.9 Å². The van der Waals surface area contributed by atoms with Crippen molar-refractivity contribution in [2.45, 2.75) is 19.3 Å². The third-order valence-electron chi connectivity index (χ3n) is 12.4. The van der Waals surface area contributed by atoms with Crippen molar-refractivity contribution in [1.29, 1.82) is 0 Å². The van der Waals surface area contributed by atoms with Gasteiger partial charge in [-0.15, -0.1) is 0 Å². The fourth-order valence-corrected chi connectivity index (χ4v) is 9.70. The Morgan fingerprint density at radius 3 is 2.09 bits per heavy atom. The second kappa shape index (κ2) is 12.3. The molecule has 0 radical (unpaired) electrons. The summed E-state index contributed by atoms with van der Waals surface area (Å²) in [6, 6.07) is 67.7. The van der Waals surface area contributed by atoms with Crippen LogP contribution in [-0.2, 0) is 5.41 Å². The number of rotatable bonds is 5. The van der Waals surface area contributed by atoms with Gasteiger partial charge in [0.2, 0.25) is 5.89 Å². The summed E-state index contributed by atoms with van der Waals surface area (Å²) < 4.78 is 9.39. The number of anilines is 3. The molecule has 1 aliphatic carbocycles. The topological polar surface area (TPSA) is 34.2 Å². The SMILES string of the molecule is CC1(C)c2ccccc2-c2c(N(c3cc4c5ccccc5n(-c5ccccc5)c4c4ccccc34)c3cccc4nc(-c5ccc6ccccc6c5)oc34)cccc21.